The molecular weight excluding hydrogens is 277 g/mol. The fourth-order valence-corrected chi connectivity index (χ4v) is 1.75. The van der Waals surface area contributed by atoms with Gasteiger partial charge in [-0.3, -0.25) is 0 Å². The van der Waals surface area contributed by atoms with Gasteiger partial charge in [0, 0.05) is 13.1 Å². The smallest absolute Gasteiger partial charge is 0.410 e. The maximum absolute atomic E-state index is 13.6. The number of carbonyl (C=O) groups excluding carboxylic acids is 1. The van der Waals surface area contributed by atoms with Crippen LogP contribution >= 0.6 is 0 Å². The van der Waals surface area contributed by atoms with Gasteiger partial charge in [0.1, 0.15) is 17.2 Å². The van der Waals surface area contributed by atoms with Gasteiger partial charge in [0.15, 0.2) is 0 Å². The van der Waals surface area contributed by atoms with E-state index < -0.39 is 17.5 Å². The van der Waals surface area contributed by atoms with E-state index in [4.69, 9.17) is 9.84 Å². The number of hydrogen-bond acceptors (Lipinski definition) is 4. The highest BCUT2D eigenvalue weighted by Crippen LogP contribution is 2.17. The van der Waals surface area contributed by atoms with Crippen molar-refractivity contribution in [1.82, 2.24) is 4.90 Å². The number of phenolic OH excluding ortho intramolecular Hbond substituents is 1. The molecule has 6 heteroatoms. The Morgan fingerprint density at radius 1 is 1.33 bits per heavy atom. The van der Waals surface area contributed by atoms with Crippen LogP contribution in [0.25, 0.3) is 0 Å². The molecule has 5 nitrogen and oxygen atoms in total. The second-order valence-electron chi connectivity index (χ2n) is 5.72. The van der Waals surface area contributed by atoms with Gasteiger partial charge < -0.3 is 19.8 Å². The molecule has 0 heterocycles. The summed E-state index contributed by atoms with van der Waals surface area (Å²) < 4.78 is 18.8. The van der Waals surface area contributed by atoms with Crippen molar-refractivity contribution in [2.75, 3.05) is 19.7 Å². The largest absolute Gasteiger partial charge is 0.508 e. The number of benzene rings is 1. The van der Waals surface area contributed by atoms with E-state index in [1.807, 2.05) is 0 Å². The van der Waals surface area contributed by atoms with Gasteiger partial charge in [-0.05, 0) is 51.0 Å². The zero-order chi connectivity index (χ0) is 16.0. The molecule has 0 bridgehead atoms. The lowest BCUT2D eigenvalue weighted by Crippen LogP contribution is -2.39. The Hall–Kier alpha value is -1.82. The number of halogens is 1. The van der Waals surface area contributed by atoms with Gasteiger partial charge in [-0.2, -0.15) is 0 Å². The van der Waals surface area contributed by atoms with E-state index >= 15 is 0 Å². The van der Waals surface area contributed by atoms with Gasteiger partial charge in [-0.1, -0.05) is 0 Å². The third-order valence-electron chi connectivity index (χ3n) is 2.70. The topological polar surface area (TPSA) is 70.0 Å². The molecule has 1 amide bonds. The minimum absolute atomic E-state index is 0.0302. The number of amides is 1. The Bertz CT molecular complexity index is 485. The van der Waals surface area contributed by atoms with Gasteiger partial charge in [0.25, 0.3) is 0 Å². The lowest BCUT2D eigenvalue weighted by atomic mass is 10.1. The van der Waals surface area contributed by atoms with Crippen LogP contribution in [0.15, 0.2) is 18.2 Å². The number of phenols is 1. The fraction of sp³-hybridized carbons (Fsp3) is 0.533. The summed E-state index contributed by atoms with van der Waals surface area (Å²) in [7, 11) is 0. The van der Waals surface area contributed by atoms with Crippen LogP contribution in [0, 0.1) is 5.82 Å². The van der Waals surface area contributed by atoms with Crippen molar-refractivity contribution in [2.45, 2.75) is 32.8 Å². The zero-order valence-electron chi connectivity index (χ0n) is 12.6. The number of hydrogen-bond donors (Lipinski definition) is 2. The average molecular weight is 299 g/mol. The summed E-state index contributed by atoms with van der Waals surface area (Å²) in [5, 5.41) is 18.4. The molecule has 0 saturated carbocycles. The van der Waals surface area contributed by atoms with Crippen LogP contribution in [0.2, 0.25) is 0 Å². The predicted octanol–water partition coefficient (Wildman–Crippen LogP) is 2.30. The molecule has 1 aromatic rings. The third kappa shape index (κ3) is 5.99. The van der Waals surface area contributed by atoms with E-state index in [0.717, 1.165) is 0 Å². The Kier molecular flexibility index (Phi) is 5.96. The molecule has 0 saturated heterocycles. The van der Waals surface area contributed by atoms with Gasteiger partial charge >= 0.3 is 6.09 Å². The first-order valence-corrected chi connectivity index (χ1v) is 6.79. The molecule has 0 aliphatic heterocycles. The number of aromatic hydroxyl groups is 1. The fourth-order valence-electron chi connectivity index (χ4n) is 1.75. The Labute approximate surface area is 124 Å². The van der Waals surface area contributed by atoms with E-state index in [2.05, 4.69) is 0 Å². The molecule has 1 rings (SSSR count). The van der Waals surface area contributed by atoms with Crippen molar-refractivity contribution in [3.8, 4) is 5.75 Å². The van der Waals surface area contributed by atoms with E-state index in [0.29, 0.717) is 5.56 Å². The van der Waals surface area contributed by atoms with Crippen molar-refractivity contribution in [2.24, 2.45) is 0 Å². The van der Waals surface area contributed by atoms with Crippen molar-refractivity contribution in [3.63, 3.8) is 0 Å². The SMILES string of the molecule is CC(C)(C)OC(=O)N(CCO)CCc1cc(O)ccc1F. The number of carbonyl (C=O) groups is 1. The minimum atomic E-state index is -0.638. The van der Waals surface area contributed by atoms with E-state index in [1.54, 1.807) is 20.8 Å². The second kappa shape index (κ2) is 7.26. The standard InChI is InChI=1S/C15H22FNO4/c1-15(2,3)21-14(20)17(8-9-18)7-6-11-10-12(19)4-5-13(11)16/h4-5,10,18-19H,6-9H2,1-3H3. The predicted molar refractivity (Wildman–Crippen MR) is 76.7 cm³/mol. The number of aliphatic hydroxyl groups is 1. The summed E-state index contributed by atoms with van der Waals surface area (Å²) >= 11 is 0. The highest BCUT2D eigenvalue weighted by Gasteiger charge is 2.22. The normalized spacial score (nSPS) is 11.3. The quantitative estimate of drug-likeness (QED) is 0.875. The second-order valence-corrected chi connectivity index (χ2v) is 5.72. The van der Waals surface area contributed by atoms with Gasteiger partial charge in [-0.25, -0.2) is 9.18 Å². The van der Waals surface area contributed by atoms with Crippen LogP contribution in [0.3, 0.4) is 0 Å². The molecule has 0 aromatic heterocycles. The summed E-state index contributed by atoms with van der Waals surface area (Å²) in [6.07, 6.45) is -0.337. The number of aliphatic hydroxyl groups excluding tert-OH is 1. The Morgan fingerprint density at radius 3 is 2.57 bits per heavy atom. The molecule has 0 spiro atoms. The molecule has 0 unspecified atom stereocenters. The van der Waals surface area contributed by atoms with E-state index in [1.165, 1.54) is 23.1 Å². The number of ether oxygens (including phenoxy) is 1. The van der Waals surface area contributed by atoms with Crippen LogP contribution in [-0.2, 0) is 11.2 Å². The zero-order valence-corrected chi connectivity index (χ0v) is 12.6. The highest BCUT2D eigenvalue weighted by atomic mass is 19.1. The minimum Gasteiger partial charge on any atom is -0.508 e. The molecule has 2 N–H and O–H groups in total. The van der Waals surface area contributed by atoms with Crippen molar-refractivity contribution in [1.29, 1.82) is 0 Å². The number of nitrogens with zero attached hydrogens (tertiary/aromatic N) is 1. The first-order valence-electron chi connectivity index (χ1n) is 6.79. The van der Waals surface area contributed by atoms with E-state index in [9.17, 15) is 14.3 Å². The maximum Gasteiger partial charge on any atom is 0.410 e. The Balaban J connectivity index is 2.70. The molecule has 0 aliphatic rings. The monoisotopic (exact) mass is 299 g/mol. The first-order chi connectivity index (χ1) is 9.73. The first kappa shape index (κ1) is 17.2. The Morgan fingerprint density at radius 2 is 2.00 bits per heavy atom. The molecule has 118 valence electrons. The number of rotatable bonds is 5. The third-order valence-corrected chi connectivity index (χ3v) is 2.70. The van der Waals surface area contributed by atoms with Crippen LogP contribution in [0.1, 0.15) is 26.3 Å². The molecule has 21 heavy (non-hydrogen) atoms. The summed E-state index contributed by atoms with van der Waals surface area (Å²) in [5.41, 5.74) is -0.331. The van der Waals surface area contributed by atoms with Gasteiger partial charge in [-0.15, -0.1) is 0 Å². The summed E-state index contributed by atoms with van der Waals surface area (Å²) in [4.78, 5) is 13.3. The molecular formula is C15H22FNO4. The molecule has 0 fully saturated rings. The average Bonchev–Trinajstić information content (AvgIpc) is 2.36. The molecule has 0 aliphatic carbocycles. The lowest BCUT2D eigenvalue weighted by molar-refractivity contribution is 0.0221. The molecule has 1 aromatic carbocycles. The van der Waals surface area contributed by atoms with Crippen LogP contribution < -0.4 is 0 Å². The van der Waals surface area contributed by atoms with Crippen molar-refractivity contribution in [3.05, 3.63) is 29.6 Å². The van der Waals surface area contributed by atoms with Crippen molar-refractivity contribution >= 4 is 6.09 Å². The maximum atomic E-state index is 13.6. The molecule has 0 atom stereocenters. The van der Waals surface area contributed by atoms with Crippen molar-refractivity contribution < 1.29 is 24.1 Å². The summed E-state index contributed by atoms with van der Waals surface area (Å²) in [5.74, 6) is -0.474. The van der Waals surface area contributed by atoms with Crippen LogP contribution in [0.5, 0.6) is 5.75 Å². The summed E-state index contributed by atoms with van der Waals surface area (Å²) in [6.45, 7) is 5.33. The van der Waals surface area contributed by atoms with Gasteiger partial charge in [0.05, 0.1) is 6.61 Å². The van der Waals surface area contributed by atoms with Crippen LogP contribution in [-0.4, -0.2) is 46.5 Å². The lowest BCUT2D eigenvalue weighted by Gasteiger charge is -2.27. The molecule has 0 radical (unpaired) electrons. The van der Waals surface area contributed by atoms with Crippen LogP contribution in [0.4, 0.5) is 9.18 Å². The highest BCUT2D eigenvalue weighted by molar-refractivity contribution is 5.68. The van der Waals surface area contributed by atoms with E-state index in [-0.39, 0.29) is 31.9 Å². The van der Waals surface area contributed by atoms with Gasteiger partial charge in [0.2, 0.25) is 0 Å². The summed E-state index contributed by atoms with van der Waals surface area (Å²) in [6, 6.07) is 3.76.